The summed E-state index contributed by atoms with van der Waals surface area (Å²) in [5.41, 5.74) is 1.41. The van der Waals surface area contributed by atoms with Crippen molar-refractivity contribution in [3.8, 4) is 0 Å². The van der Waals surface area contributed by atoms with Crippen molar-refractivity contribution in [2.75, 3.05) is 12.4 Å². The Morgan fingerprint density at radius 1 is 1.29 bits per heavy atom. The van der Waals surface area contributed by atoms with Crippen molar-refractivity contribution in [3.05, 3.63) is 58.9 Å². The van der Waals surface area contributed by atoms with Crippen molar-refractivity contribution in [1.82, 2.24) is 4.98 Å². The second-order valence-electron chi connectivity index (χ2n) is 4.44. The first kappa shape index (κ1) is 14.9. The van der Waals surface area contributed by atoms with Gasteiger partial charge in [0.2, 0.25) is 0 Å². The number of aryl methyl sites for hydroxylation is 1. The fourth-order valence-electron chi connectivity index (χ4n) is 1.84. The molecule has 0 saturated carbocycles. The number of aromatic nitrogens is 1. The summed E-state index contributed by atoms with van der Waals surface area (Å²) in [5.74, 6) is -3.24. The zero-order valence-electron chi connectivity index (χ0n) is 11.6. The van der Waals surface area contributed by atoms with Gasteiger partial charge in [-0.1, -0.05) is 0 Å². The number of esters is 1. The van der Waals surface area contributed by atoms with Gasteiger partial charge in [0.05, 0.1) is 18.4 Å². The van der Waals surface area contributed by atoms with E-state index in [-0.39, 0.29) is 5.69 Å². The van der Waals surface area contributed by atoms with Gasteiger partial charge in [0, 0.05) is 18.9 Å². The molecule has 0 aliphatic rings. The fraction of sp³-hybridized carbons (Fsp3) is 0.200. The van der Waals surface area contributed by atoms with Gasteiger partial charge in [-0.15, -0.1) is 0 Å². The van der Waals surface area contributed by atoms with E-state index in [0.29, 0.717) is 6.54 Å². The van der Waals surface area contributed by atoms with Gasteiger partial charge >= 0.3 is 5.97 Å². The molecule has 0 amide bonds. The normalized spacial score (nSPS) is 10.3. The van der Waals surface area contributed by atoms with E-state index in [0.717, 1.165) is 18.2 Å². The van der Waals surface area contributed by atoms with Crippen LogP contribution in [0.15, 0.2) is 30.6 Å². The van der Waals surface area contributed by atoms with Crippen molar-refractivity contribution in [3.63, 3.8) is 0 Å². The van der Waals surface area contributed by atoms with E-state index in [4.69, 9.17) is 0 Å². The van der Waals surface area contributed by atoms with E-state index >= 15 is 0 Å². The molecule has 1 N–H and O–H groups in total. The average Bonchev–Trinajstić information content (AvgIpc) is 2.49. The first-order chi connectivity index (χ1) is 10.0. The molecule has 1 heterocycles. The molecule has 0 radical (unpaired) electrons. The summed E-state index contributed by atoms with van der Waals surface area (Å²) < 4.78 is 32.1. The van der Waals surface area contributed by atoms with Crippen molar-refractivity contribution in [2.45, 2.75) is 13.5 Å². The van der Waals surface area contributed by atoms with Crippen LogP contribution in [0.2, 0.25) is 0 Å². The summed E-state index contributed by atoms with van der Waals surface area (Å²) in [6.07, 6.45) is 3.32. The Morgan fingerprint density at radius 3 is 2.71 bits per heavy atom. The van der Waals surface area contributed by atoms with Crippen LogP contribution in [0.5, 0.6) is 0 Å². The van der Waals surface area contributed by atoms with E-state index in [9.17, 15) is 13.6 Å². The monoisotopic (exact) mass is 292 g/mol. The summed E-state index contributed by atoms with van der Waals surface area (Å²) >= 11 is 0. The van der Waals surface area contributed by atoms with Crippen LogP contribution in [0, 0.1) is 18.6 Å². The van der Waals surface area contributed by atoms with E-state index < -0.39 is 23.2 Å². The van der Waals surface area contributed by atoms with E-state index in [1.165, 1.54) is 12.1 Å². The zero-order chi connectivity index (χ0) is 15.4. The standard InChI is InChI=1S/C15H14F2N2O2/c1-9-7-18-6-5-10(9)8-19-12-4-3-11(15(20)21-2)13(16)14(12)17/h3-7,19H,8H2,1-2H3. The SMILES string of the molecule is COC(=O)c1ccc(NCc2ccncc2C)c(F)c1F. The van der Waals surface area contributed by atoms with Crippen molar-refractivity contribution in [1.29, 1.82) is 0 Å². The third kappa shape index (κ3) is 3.16. The van der Waals surface area contributed by atoms with Crippen LogP contribution in [0.4, 0.5) is 14.5 Å². The lowest BCUT2D eigenvalue weighted by molar-refractivity contribution is 0.0594. The smallest absolute Gasteiger partial charge is 0.340 e. The maximum Gasteiger partial charge on any atom is 0.340 e. The molecule has 0 bridgehead atoms. The third-order valence-corrected chi connectivity index (χ3v) is 3.09. The maximum atomic E-state index is 13.9. The summed E-state index contributed by atoms with van der Waals surface area (Å²) in [6, 6.07) is 4.28. The number of methoxy groups -OCH3 is 1. The molecule has 2 rings (SSSR count). The molecule has 110 valence electrons. The highest BCUT2D eigenvalue weighted by molar-refractivity contribution is 5.90. The van der Waals surface area contributed by atoms with Crippen LogP contribution in [0.3, 0.4) is 0 Å². The second-order valence-corrected chi connectivity index (χ2v) is 4.44. The number of hydrogen-bond acceptors (Lipinski definition) is 4. The Labute approximate surface area is 120 Å². The zero-order valence-corrected chi connectivity index (χ0v) is 11.6. The minimum absolute atomic E-state index is 0.0173. The van der Waals surface area contributed by atoms with Crippen molar-refractivity contribution >= 4 is 11.7 Å². The Hall–Kier alpha value is -2.50. The highest BCUT2D eigenvalue weighted by Gasteiger charge is 2.18. The largest absolute Gasteiger partial charge is 0.465 e. The molecule has 0 fully saturated rings. The van der Waals surface area contributed by atoms with Gasteiger partial charge < -0.3 is 10.1 Å². The quantitative estimate of drug-likeness (QED) is 0.880. The number of benzene rings is 1. The average molecular weight is 292 g/mol. The molecule has 0 saturated heterocycles. The number of halogens is 2. The molecule has 4 nitrogen and oxygen atoms in total. The van der Waals surface area contributed by atoms with Gasteiger partial charge in [-0.3, -0.25) is 4.98 Å². The minimum atomic E-state index is -1.22. The van der Waals surface area contributed by atoms with Gasteiger partial charge in [0.1, 0.15) is 0 Å². The Balaban J connectivity index is 2.20. The molecule has 0 aliphatic heterocycles. The van der Waals surface area contributed by atoms with Gasteiger partial charge in [-0.25, -0.2) is 13.6 Å². The number of nitrogens with one attached hydrogen (secondary N) is 1. The number of pyridine rings is 1. The fourth-order valence-corrected chi connectivity index (χ4v) is 1.84. The van der Waals surface area contributed by atoms with Gasteiger partial charge in [-0.2, -0.15) is 0 Å². The van der Waals surface area contributed by atoms with E-state index in [1.807, 2.05) is 6.92 Å². The Kier molecular flexibility index (Phi) is 4.47. The van der Waals surface area contributed by atoms with Crippen LogP contribution < -0.4 is 5.32 Å². The van der Waals surface area contributed by atoms with Gasteiger partial charge in [0.25, 0.3) is 0 Å². The van der Waals surface area contributed by atoms with Gasteiger partial charge in [0.15, 0.2) is 11.6 Å². The highest BCUT2D eigenvalue weighted by Crippen LogP contribution is 2.22. The number of hydrogen-bond donors (Lipinski definition) is 1. The number of ether oxygens (including phenoxy) is 1. The lowest BCUT2D eigenvalue weighted by atomic mass is 10.1. The molecule has 0 aliphatic carbocycles. The van der Waals surface area contributed by atoms with Crippen LogP contribution in [-0.2, 0) is 11.3 Å². The topological polar surface area (TPSA) is 51.2 Å². The first-order valence-electron chi connectivity index (χ1n) is 6.24. The molecular formula is C15H14F2N2O2. The molecule has 6 heteroatoms. The van der Waals surface area contributed by atoms with Crippen LogP contribution in [-0.4, -0.2) is 18.1 Å². The Morgan fingerprint density at radius 2 is 2.05 bits per heavy atom. The molecule has 0 atom stereocenters. The third-order valence-electron chi connectivity index (χ3n) is 3.09. The summed E-state index contributed by atoms with van der Waals surface area (Å²) in [5, 5.41) is 2.80. The summed E-state index contributed by atoms with van der Waals surface area (Å²) in [7, 11) is 1.11. The summed E-state index contributed by atoms with van der Waals surface area (Å²) in [6.45, 7) is 2.20. The lowest BCUT2D eigenvalue weighted by Gasteiger charge is -2.11. The number of rotatable bonds is 4. The number of nitrogens with zero attached hydrogens (tertiary/aromatic N) is 1. The molecule has 21 heavy (non-hydrogen) atoms. The van der Waals surface area contributed by atoms with Crippen molar-refractivity contribution < 1.29 is 18.3 Å². The Bertz CT molecular complexity index is 675. The minimum Gasteiger partial charge on any atom is -0.465 e. The van der Waals surface area contributed by atoms with Gasteiger partial charge in [-0.05, 0) is 36.2 Å². The maximum absolute atomic E-state index is 13.9. The summed E-state index contributed by atoms with van der Waals surface area (Å²) in [4.78, 5) is 15.2. The highest BCUT2D eigenvalue weighted by atomic mass is 19.2. The van der Waals surface area contributed by atoms with E-state index in [2.05, 4.69) is 15.0 Å². The lowest BCUT2D eigenvalue weighted by Crippen LogP contribution is -2.09. The van der Waals surface area contributed by atoms with Crippen LogP contribution in [0.1, 0.15) is 21.5 Å². The number of anilines is 1. The second kappa shape index (κ2) is 6.30. The van der Waals surface area contributed by atoms with E-state index in [1.54, 1.807) is 18.5 Å². The number of carbonyl (C=O) groups excluding carboxylic acids is 1. The molecule has 0 spiro atoms. The number of carbonyl (C=O) groups is 1. The predicted octanol–water partition coefficient (Wildman–Crippen LogP) is 3.07. The molecule has 2 aromatic rings. The van der Waals surface area contributed by atoms with Crippen LogP contribution in [0.25, 0.3) is 0 Å². The molecule has 0 unspecified atom stereocenters. The van der Waals surface area contributed by atoms with Crippen molar-refractivity contribution in [2.24, 2.45) is 0 Å². The molecule has 1 aromatic carbocycles. The molecule has 1 aromatic heterocycles. The predicted molar refractivity (Wildman–Crippen MR) is 74.0 cm³/mol. The van der Waals surface area contributed by atoms with Crippen LogP contribution >= 0.6 is 0 Å². The molecular weight excluding hydrogens is 278 g/mol. The first-order valence-corrected chi connectivity index (χ1v) is 6.24.